The van der Waals surface area contributed by atoms with Gasteiger partial charge < -0.3 is 15.8 Å². The Labute approximate surface area is 79.6 Å². The number of halogens is 1. The van der Waals surface area contributed by atoms with Crippen LogP contribution in [-0.2, 0) is 4.79 Å². The third-order valence-corrected chi connectivity index (χ3v) is 2.16. The Kier molecular flexibility index (Phi) is 1.77. The molecule has 1 heterocycles. The Balaban J connectivity index is 2.54. The minimum absolute atomic E-state index is 0.0211. The number of rotatable bonds is 0. The Morgan fingerprint density at radius 3 is 3.08 bits per heavy atom. The van der Waals surface area contributed by atoms with Gasteiger partial charge in [0.1, 0.15) is 11.4 Å². The van der Waals surface area contributed by atoms with Crippen LogP contribution in [0.25, 0.3) is 0 Å². The zero-order chi connectivity index (χ0) is 9.42. The summed E-state index contributed by atoms with van der Waals surface area (Å²) in [6.07, 6.45) is 0. The second-order valence-corrected chi connectivity index (χ2v) is 3.06. The van der Waals surface area contributed by atoms with Crippen molar-refractivity contribution in [1.82, 2.24) is 0 Å². The van der Waals surface area contributed by atoms with E-state index in [1.807, 2.05) is 0 Å². The lowest BCUT2D eigenvalue weighted by atomic mass is 10.2. The molecule has 3 N–H and O–H groups in total. The summed E-state index contributed by atoms with van der Waals surface area (Å²) >= 11 is 5.86. The van der Waals surface area contributed by atoms with Crippen LogP contribution >= 0.6 is 11.6 Å². The SMILES string of the molecule is Nc1ccc2c(c1Cl)NC(=O)CO2. The summed E-state index contributed by atoms with van der Waals surface area (Å²) in [4.78, 5) is 11.0. The molecule has 0 bridgehead atoms. The molecule has 68 valence electrons. The van der Waals surface area contributed by atoms with Crippen LogP contribution in [0.1, 0.15) is 0 Å². The zero-order valence-electron chi connectivity index (χ0n) is 6.63. The van der Waals surface area contributed by atoms with E-state index in [4.69, 9.17) is 22.1 Å². The Hall–Kier alpha value is -1.42. The Morgan fingerprint density at radius 1 is 1.54 bits per heavy atom. The molecule has 13 heavy (non-hydrogen) atoms. The van der Waals surface area contributed by atoms with Crippen LogP contribution in [-0.4, -0.2) is 12.5 Å². The number of amides is 1. The molecular weight excluding hydrogens is 192 g/mol. The standard InChI is InChI=1S/C8H7ClN2O2/c9-7-4(10)1-2-5-8(7)11-6(12)3-13-5/h1-2H,3,10H2,(H,11,12). The minimum Gasteiger partial charge on any atom is -0.482 e. The predicted octanol–water partition coefficient (Wildman–Crippen LogP) is 1.25. The van der Waals surface area contributed by atoms with E-state index in [-0.39, 0.29) is 12.5 Å². The topological polar surface area (TPSA) is 64.3 Å². The summed E-state index contributed by atoms with van der Waals surface area (Å²) < 4.78 is 5.12. The maximum atomic E-state index is 11.0. The second kappa shape index (κ2) is 2.81. The average molecular weight is 199 g/mol. The van der Waals surface area contributed by atoms with Gasteiger partial charge in [-0.25, -0.2) is 0 Å². The van der Waals surface area contributed by atoms with Gasteiger partial charge in [0.05, 0.1) is 10.7 Å². The molecule has 0 saturated heterocycles. The summed E-state index contributed by atoms with van der Waals surface area (Å²) in [7, 11) is 0. The van der Waals surface area contributed by atoms with Gasteiger partial charge in [-0.2, -0.15) is 0 Å². The molecule has 0 saturated carbocycles. The summed E-state index contributed by atoms with van der Waals surface area (Å²) in [5, 5.41) is 2.92. The largest absolute Gasteiger partial charge is 0.482 e. The smallest absolute Gasteiger partial charge is 0.262 e. The van der Waals surface area contributed by atoms with Crippen molar-refractivity contribution in [2.24, 2.45) is 0 Å². The number of carbonyl (C=O) groups is 1. The van der Waals surface area contributed by atoms with E-state index in [0.29, 0.717) is 22.1 Å². The molecule has 5 heteroatoms. The van der Waals surface area contributed by atoms with Crippen LogP contribution in [0.15, 0.2) is 12.1 Å². The van der Waals surface area contributed by atoms with Crippen LogP contribution in [0, 0.1) is 0 Å². The fourth-order valence-corrected chi connectivity index (χ4v) is 1.33. The van der Waals surface area contributed by atoms with Crippen molar-refractivity contribution in [3.8, 4) is 5.75 Å². The third-order valence-electron chi connectivity index (χ3n) is 1.76. The molecule has 0 aliphatic carbocycles. The molecule has 0 unspecified atom stereocenters. The highest BCUT2D eigenvalue weighted by atomic mass is 35.5. The molecule has 0 atom stereocenters. The monoisotopic (exact) mass is 198 g/mol. The number of benzene rings is 1. The number of ether oxygens (including phenoxy) is 1. The molecule has 4 nitrogen and oxygen atoms in total. The molecule has 1 aliphatic rings. The van der Waals surface area contributed by atoms with E-state index < -0.39 is 0 Å². The van der Waals surface area contributed by atoms with Crippen LogP contribution < -0.4 is 15.8 Å². The fourth-order valence-electron chi connectivity index (χ4n) is 1.13. The zero-order valence-corrected chi connectivity index (χ0v) is 7.39. The van der Waals surface area contributed by atoms with Crippen molar-refractivity contribution < 1.29 is 9.53 Å². The molecule has 0 spiro atoms. The van der Waals surface area contributed by atoms with Crippen molar-refractivity contribution in [3.63, 3.8) is 0 Å². The Morgan fingerprint density at radius 2 is 2.31 bits per heavy atom. The molecule has 1 aromatic rings. The lowest BCUT2D eigenvalue weighted by molar-refractivity contribution is -0.118. The molecule has 1 aliphatic heterocycles. The van der Waals surface area contributed by atoms with E-state index in [1.165, 1.54) is 0 Å². The van der Waals surface area contributed by atoms with Crippen molar-refractivity contribution >= 4 is 28.9 Å². The quantitative estimate of drug-likeness (QED) is 0.617. The summed E-state index contributed by atoms with van der Waals surface area (Å²) in [6, 6.07) is 3.31. The highest BCUT2D eigenvalue weighted by Gasteiger charge is 2.19. The maximum absolute atomic E-state index is 11.0. The summed E-state index contributed by atoms with van der Waals surface area (Å²) in [5.41, 5.74) is 6.43. The Bertz CT molecular complexity index is 379. The van der Waals surface area contributed by atoms with Gasteiger partial charge in [-0.15, -0.1) is 0 Å². The van der Waals surface area contributed by atoms with Crippen LogP contribution in [0.3, 0.4) is 0 Å². The highest BCUT2D eigenvalue weighted by molar-refractivity contribution is 6.36. The molecule has 1 aromatic carbocycles. The lowest BCUT2D eigenvalue weighted by Crippen LogP contribution is -2.25. The van der Waals surface area contributed by atoms with Crippen molar-refractivity contribution in [2.75, 3.05) is 17.7 Å². The second-order valence-electron chi connectivity index (χ2n) is 2.68. The number of fused-ring (bicyclic) bond motifs is 1. The maximum Gasteiger partial charge on any atom is 0.262 e. The van der Waals surface area contributed by atoms with Gasteiger partial charge in [-0.3, -0.25) is 4.79 Å². The number of nitrogens with one attached hydrogen (secondary N) is 1. The van der Waals surface area contributed by atoms with Gasteiger partial charge in [0.15, 0.2) is 6.61 Å². The number of anilines is 2. The lowest BCUT2D eigenvalue weighted by Gasteiger charge is -2.19. The van der Waals surface area contributed by atoms with Crippen LogP contribution in [0.4, 0.5) is 11.4 Å². The van der Waals surface area contributed by atoms with Gasteiger partial charge in [-0.1, -0.05) is 11.6 Å². The van der Waals surface area contributed by atoms with E-state index in [1.54, 1.807) is 12.1 Å². The number of nitrogen functional groups attached to an aromatic ring is 1. The van der Waals surface area contributed by atoms with Crippen LogP contribution in [0.5, 0.6) is 5.75 Å². The van der Waals surface area contributed by atoms with Gasteiger partial charge >= 0.3 is 0 Å². The van der Waals surface area contributed by atoms with E-state index >= 15 is 0 Å². The minimum atomic E-state index is -0.222. The van der Waals surface area contributed by atoms with Gasteiger partial charge in [0, 0.05) is 0 Å². The third kappa shape index (κ3) is 1.29. The predicted molar refractivity (Wildman–Crippen MR) is 50.0 cm³/mol. The first-order valence-electron chi connectivity index (χ1n) is 3.69. The number of hydrogen-bond donors (Lipinski definition) is 2. The van der Waals surface area contributed by atoms with Crippen molar-refractivity contribution in [3.05, 3.63) is 17.2 Å². The molecule has 2 rings (SSSR count). The number of carbonyl (C=O) groups excluding carboxylic acids is 1. The van der Waals surface area contributed by atoms with Gasteiger partial charge in [-0.05, 0) is 12.1 Å². The highest BCUT2D eigenvalue weighted by Crippen LogP contribution is 2.38. The molecule has 0 aromatic heterocycles. The number of nitrogens with two attached hydrogens (primary N) is 1. The van der Waals surface area contributed by atoms with E-state index in [2.05, 4.69) is 5.32 Å². The van der Waals surface area contributed by atoms with E-state index in [0.717, 1.165) is 0 Å². The summed E-state index contributed by atoms with van der Waals surface area (Å²) in [5.74, 6) is 0.332. The van der Waals surface area contributed by atoms with Crippen molar-refractivity contribution in [1.29, 1.82) is 0 Å². The van der Waals surface area contributed by atoms with E-state index in [9.17, 15) is 4.79 Å². The van der Waals surface area contributed by atoms with Crippen molar-refractivity contribution in [2.45, 2.75) is 0 Å². The number of hydrogen-bond acceptors (Lipinski definition) is 3. The fraction of sp³-hybridized carbons (Fsp3) is 0.125. The normalized spacial score (nSPS) is 14.4. The van der Waals surface area contributed by atoms with Gasteiger partial charge in [0.25, 0.3) is 5.91 Å². The first-order valence-corrected chi connectivity index (χ1v) is 4.07. The molecule has 0 fully saturated rings. The first-order chi connectivity index (χ1) is 6.18. The summed E-state index contributed by atoms with van der Waals surface area (Å²) in [6.45, 7) is 0.0211. The van der Waals surface area contributed by atoms with Gasteiger partial charge in [0.2, 0.25) is 0 Å². The average Bonchev–Trinajstić information content (AvgIpc) is 2.12. The molecule has 0 radical (unpaired) electrons. The molecule has 1 amide bonds. The molecular formula is C8H7ClN2O2. The first kappa shape index (κ1) is 8.19. The van der Waals surface area contributed by atoms with Crippen LogP contribution in [0.2, 0.25) is 5.02 Å².